The third-order valence-corrected chi connectivity index (χ3v) is 4.10. The summed E-state index contributed by atoms with van der Waals surface area (Å²) in [5.74, 6) is 0.448. The Kier molecular flexibility index (Phi) is 2.92. The molecule has 1 saturated heterocycles. The molecule has 2 unspecified atom stereocenters. The summed E-state index contributed by atoms with van der Waals surface area (Å²) in [7, 11) is 0. The van der Waals surface area contributed by atoms with Crippen LogP contribution in [0.15, 0.2) is 0 Å². The monoisotopic (exact) mass is 238 g/mol. The van der Waals surface area contributed by atoms with E-state index >= 15 is 0 Å². The predicted molar refractivity (Wildman–Crippen MR) is 65.3 cm³/mol. The van der Waals surface area contributed by atoms with Crippen molar-refractivity contribution in [2.24, 2.45) is 5.92 Å². The van der Waals surface area contributed by atoms with Crippen molar-refractivity contribution in [2.45, 2.75) is 64.6 Å². The molecular weight excluding hydrogens is 216 g/mol. The van der Waals surface area contributed by atoms with E-state index in [1.807, 2.05) is 32.6 Å². The van der Waals surface area contributed by atoms with Crippen LogP contribution >= 0.6 is 0 Å². The number of hydrogen-bond acceptors (Lipinski definition) is 2. The summed E-state index contributed by atoms with van der Waals surface area (Å²) in [4.78, 5) is 26.5. The smallest absolute Gasteiger partial charge is 0.246 e. The Balaban J connectivity index is 2.36. The number of carbonyl (C=O) groups excluding carboxylic acids is 2. The van der Waals surface area contributed by atoms with E-state index in [9.17, 15) is 9.59 Å². The van der Waals surface area contributed by atoms with Gasteiger partial charge in [0.05, 0.1) is 0 Å². The molecule has 0 aromatic carbocycles. The van der Waals surface area contributed by atoms with Crippen LogP contribution in [0.3, 0.4) is 0 Å². The molecule has 17 heavy (non-hydrogen) atoms. The molecule has 0 spiro atoms. The van der Waals surface area contributed by atoms with Gasteiger partial charge in [0.25, 0.3) is 0 Å². The highest BCUT2D eigenvalue weighted by atomic mass is 16.2. The minimum absolute atomic E-state index is 0.0279. The maximum Gasteiger partial charge on any atom is 0.246 e. The molecule has 0 aromatic heterocycles. The van der Waals surface area contributed by atoms with Crippen LogP contribution in [0, 0.1) is 5.92 Å². The van der Waals surface area contributed by atoms with Gasteiger partial charge in [-0.2, -0.15) is 0 Å². The molecule has 2 atom stereocenters. The average molecular weight is 238 g/mol. The maximum absolute atomic E-state index is 12.4. The number of nitrogens with zero attached hydrogens (tertiary/aromatic N) is 1. The topological polar surface area (TPSA) is 49.4 Å². The Morgan fingerprint density at radius 1 is 1.41 bits per heavy atom. The van der Waals surface area contributed by atoms with Gasteiger partial charge in [-0.1, -0.05) is 6.92 Å². The quantitative estimate of drug-likeness (QED) is 0.805. The summed E-state index contributed by atoms with van der Waals surface area (Å²) in [6, 6.07) is -0.259. The fraction of sp³-hybridized carbons (Fsp3) is 0.846. The highest BCUT2D eigenvalue weighted by Crippen LogP contribution is 2.45. The van der Waals surface area contributed by atoms with E-state index in [1.54, 1.807) is 0 Å². The zero-order chi connectivity index (χ0) is 12.8. The predicted octanol–water partition coefficient (Wildman–Crippen LogP) is 1.30. The second kappa shape index (κ2) is 4.00. The van der Waals surface area contributed by atoms with Crippen molar-refractivity contribution in [1.82, 2.24) is 10.2 Å². The van der Waals surface area contributed by atoms with Crippen LogP contribution in [0.5, 0.6) is 0 Å². The second-order valence-corrected chi connectivity index (χ2v) is 5.66. The molecule has 1 aliphatic heterocycles. The molecule has 0 radical (unpaired) electrons. The first-order valence-corrected chi connectivity index (χ1v) is 6.57. The molecule has 1 aliphatic carbocycles. The second-order valence-electron chi connectivity index (χ2n) is 5.66. The molecule has 4 heteroatoms. The third-order valence-electron chi connectivity index (χ3n) is 4.10. The molecule has 96 valence electrons. The lowest BCUT2D eigenvalue weighted by Crippen LogP contribution is -2.71. The van der Waals surface area contributed by atoms with Crippen molar-refractivity contribution >= 4 is 11.8 Å². The lowest BCUT2D eigenvalue weighted by molar-refractivity contribution is -0.160. The summed E-state index contributed by atoms with van der Waals surface area (Å²) in [6.45, 7) is 7.83. The summed E-state index contributed by atoms with van der Waals surface area (Å²) >= 11 is 0. The summed E-state index contributed by atoms with van der Waals surface area (Å²) in [6.07, 6.45) is 2.77. The van der Waals surface area contributed by atoms with Crippen LogP contribution in [0.1, 0.15) is 47.0 Å². The molecule has 0 aromatic rings. The Morgan fingerprint density at radius 2 is 2.00 bits per heavy atom. The van der Waals surface area contributed by atoms with E-state index < -0.39 is 5.54 Å². The zero-order valence-corrected chi connectivity index (χ0v) is 11.1. The Hall–Kier alpha value is -1.06. The minimum atomic E-state index is -0.628. The van der Waals surface area contributed by atoms with Crippen molar-refractivity contribution in [3.8, 4) is 0 Å². The first-order chi connectivity index (χ1) is 7.92. The van der Waals surface area contributed by atoms with Crippen LogP contribution in [-0.2, 0) is 9.59 Å². The Bertz CT molecular complexity index is 349. The highest BCUT2D eigenvalue weighted by molar-refractivity contribution is 6.00. The van der Waals surface area contributed by atoms with E-state index in [0.717, 1.165) is 12.8 Å². The van der Waals surface area contributed by atoms with Gasteiger partial charge in [-0.15, -0.1) is 0 Å². The number of nitrogens with one attached hydrogen (secondary N) is 1. The SMILES string of the molecule is CCC1NC(=O)C(C)(C2CC2)N(C(C)C)C1=O. The Morgan fingerprint density at radius 3 is 2.41 bits per heavy atom. The maximum atomic E-state index is 12.4. The number of carbonyl (C=O) groups is 2. The Labute approximate surface area is 103 Å². The summed E-state index contributed by atoms with van der Waals surface area (Å²) in [5.41, 5.74) is -0.628. The zero-order valence-electron chi connectivity index (χ0n) is 11.1. The first-order valence-electron chi connectivity index (χ1n) is 6.57. The van der Waals surface area contributed by atoms with E-state index in [2.05, 4.69) is 5.32 Å². The molecule has 2 rings (SSSR count). The van der Waals surface area contributed by atoms with E-state index in [-0.39, 0.29) is 23.9 Å². The van der Waals surface area contributed by atoms with Crippen molar-refractivity contribution in [3.63, 3.8) is 0 Å². The van der Waals surface area contributed by atoms with Gasteiger partial charge in [0.15, 0.2) is 0 Å². The number of piperazine rings is 1. The van der Waals surface area contributed by atoms with Crippen LogP contribution in [0.25, 0.3) is 0 Å². The molecule has 1 N–H and O–H groups in total. The molecule has 2 aliphatic rings. The number of amides is 2. The van der Waals surface area contributed by atoms with Crippen molar-refractivity contribution in [1.29, 1.82) is 0 Å². The third kappa shape index (κ3) is 1.74. The number of hydrogen-bond donors (Lipinski definition) is 1. The molecule has 1 saturated carbocycles. The van der Waals surface area contributed by atoms with Gasteiger partial charge < -0.3 is 10.2 Å². The van der Waals surface area contributed by atoms with E-state index in [4.69, 9.17) is 0 Å². The van der Waals surface area contributed by atoms with Gasteiger partial charge in [-0.3, -0.25) is 9.59 Å². The summed E-state index contributed by atoms with van der Waals surface area (Å²) in [5, 5.41) is 2.88. The fourth-order valence-electron chi connectivity index (χ4n) is 2.97. The van der Waals surface area contributed by atoms with Crippen molar-refractivity contribution in [2.75, 3.05) is 0 Å². The van der Waals surface area contributed by atoms with Crippen molar-refractivity contribution < 1.29 is 9.59 Å². The van der Waals surface area contributed by atoms with E-state index in [0.29, 0.717) is 12.3 Å². The number of rotatable bonds is 3. The molecular formula is C13H22N2O2. The van der Waals surface area contributed by atoms with Crippen LogP contribution in [0.4, 0.5) is 0 Å². The van der Waals surface area contributed by atoms with Gasteiger partial charge in [-0.25, -0.2) is 0 Å². The normalized spacial score (nSPS) is 34.2. The molecule has 0 bridgehead atoms. The lowest BCUT2D eigenvalue weighted by atomic mass is 9.86. The highest BCUT2D eigenvalue weighted by Gasteiger charge is 2.57. The minimum Gasteiger partial charge on any atom is -0.342 e. The molecule has 2 fully saturated rings. The van der Waals surface area contributed by atoms with Gasteiger partial charge in [0, 0.05) is 6.04 Å². The van der Waals surface area contributed by atoms with Gasteiger partial charge >= 0.3 is 0 Å². The van der Waals surface area contributed by atoms with E-state index in [1.165, 1.54) is 0 Å². The van der Waals surface area contributed by atoms with Crippen LogP contribution in [0.2, 0.25) is 0 Å². The van der Waals surface area contributed by atoms with Gasteiger partial charge in [0.1, 0.15) is 11.6 Å². The molecule has 2 amide bonds. The fourth-order valence-corrected chi connectivity index (χ4v) is 2.97. The van der Waals surface area contributed by atoms with Gasteiger partial charge in [-0.05, 0) is 46.0 Å². The largest absolute Gasteiger partial charge is 0.342 e. The van der Waals surface area contributed by atoms with Crippen molar-refractivity contribution in [3.05, 3.63) is 0 Å². The molecule has 1 heterocycles. The standard InChI is InChI=1S/C13H22N2O2/c1-5-10-11(16)15(8(2)3)13(4,9-6-7-9)12(17)14-10/h8-10H,5-7H2,1-4H3,(H,14,17). The molecule has 4 nitrogen and oxygen atoms in total. The lowest BCUT2D eigenvalue weighted by Gasteiger charge is -2.48. The van der Waals surface area contributed by atoms with Gasteiger partial charge in [0.2, 0.25) is 11.8 Å². The van der Waals surface area contributed by atoms with Crippen LogP contribution < -0.4 is 5.32 Å². The average Bonchev–Trinajstić information content (AvgIpc) is 3.06. The van der Waals surface area contributed by atoms with Crippen LogP contribution in [-0.4, -0.2) is 34.3 Å². The summed E-state index contributed by atoms with van der Waals surface area (Å²) < 4.78 is 0. The first kappa shape index (κ1) is 12.4.